The van der Waals surface area contributed by atoms with Crippen LogP contribution in [0.15, 0.2) is 30.3 Å². The van der Waals surface area contributed by atoms with E-state index in [9.17, 15) is 0 Å². The Balaban J connectivity index is 3.00. The van der Waals surface area contributed by atoms with Crippen molar-refractivity contribution >= 4 is 8.60 Å². The SMILES string of the molecule is CCC(CC)(OP(O)O)c1ccccc1. The van der Waals surface area contributed by atoms with E-state index in [-0.39, 0.29) is 0 Å². The largest absolute Gasteiger partial charge is 0.328 e. The van der Waals surface area contributed by atoms with Crippen LogP contribution in [0.4, 0.5) is 0 Å². The Kier molecular flexibility index (Phi) is 4.68. The van der Waals surface area contributed by atoms with Gasteiger partial charge in [-0.25, -0.2) is 0 Å². The predicted octanol–water partition coefficient (Wildman–Crippen LogP) is 2.93. The molecule has 15 heavy (non-hydrogen) atoms. The zero-order valence-electron chi connectivity index (χ0n) is 9.05. The third-order valence-corrected chi connectivity index (χ3v) is 3.21. The minimum absolute atomic E-state index is 0.573. The highest BCUT2D eigenvalue weighted by Crippen LogP contribution is 2.43. The standard InChI is InChI=1S/C11H17O3P/c1-3-11(4-2,14-15(12)13)10-8-6-5-7-9-10/h5-9,12-13H,3-4H2,1-2H3. The average Bonchev–Trinajstić information content (AvgIpc) is 2.27. The average molecular weight is 228 g/mol. The summed E-state index contributed by atoms with van der Waals surface area (Å²) in [5.41, 5.74) is 0.418. The maximum absolute atomic E-state index is 9.01. The molecule has 0 spiro atoms. The molecule has 1 aromatic rings. The van der Waals surface area contributed by atoms with Crippen molar-refractivity contribution in [1.82, 2.24) is 0 Å². The quantitative estimate of drug-likeness (QED) is 0.762. The first kappa shape index (κ1) is 12.6. The van der Waals surface area contributed by atoms with Gasteiger partial charge in [0.1, 0.15) is 5.60 Å². The lowest BCUT2D eigenvalue weighted by Gasteiger charge is -2.32. The van der Waals surface area contributed by atoms with E-state index >= 15 is 0 Å². The second-order valence-electron chi connectivity index (χ2n) is 3.41. The molecule has 0 saturated heterocycles. The molecular formula is C11H17O3P. The van der Waals surface area contributed by atoms with Gasteiger partial charge in [0.25, 0.3) is 0 Å². The number of hydrogen-bond acceptors (Lipinski definition) is 3. The summed E-state index contributed by atoms with van der Waals surface area (Å²) in [6.07, 6.45) is 1.43. The van der Waals surface area contributed by atoms with Gasteiger partial charge in [0, 0.05) is 0 Å². The lowest BCUT2D eigenvalue weighted by molar-refractivity contribution is 0.0431. The maximum atomic E-state index is 9.01. The number of hydrogen-bond donors (Lipinski definition) is 2. The van der Waals surface area contributed by atoms with Gasteiger partial charge in [-0.15, -0.1) is 0 Å². The van der Waals surface area contributed by atoms with Crippen LogP contribution < -0.4 is 0 Å². The van der Waals surface area contributed by atoms with Gasteiger partial charge in [0.05, 0.1) is 0 Å². The fraction of sp³-hybridized carbons (Fsp3) is 0.455. The van der Waals surface area contributed by atoms with Gasteiger partial charge in [-0.05, 0) is 18.4 Å². The van der Waals surface area contributed by atoms with Crippen molar-refractivity contribution in [1.29, 1.82) is 0 Å². The van der Waals surface area contributed by atoms with Gasteiger partial charge >= 0.3 is 8.60 Å². The fourth-order valence-corrected chi connectivity index (χ4v) is 2.41. The third-order valence-electron chi connectivity index (χ3n) is 2.70. The van der Waals surface area contributed by atoms with E-state index in [1.54, 1.807) is 0 Å². The molecule has 1 rings (SSSR count). The maximum Gasteiger partial charge on any atom is 0.327 e. The van der Waals surface area contributed by atoms with Gasteiger partial charge in [0.15, 0.2) is 0 Å². The topological polar surface area (TPSA) is 49.7 Å². The van der Waals surface area contributed by atoms with Crippen LogP contribution in [0.2, 0.25) is 0 Å². The Morgan fingerprint density at radius 1 is 1.13 bits per heavy atom. The molecule has 0 aliphatic heterocycles. The molecule has 2 N–H and O–H groups in total. The van der Waals surface area contributed by atoms with Crippen LogP contribution in [0, 0.1) is 0 Å². The number of benzene rings is 1. The van der Waals surface area contributed by atoms with Gasteiger partial charge in [0.2, 0.25) is 0 Å². The molecule has 0 aromatic heterocycles. The summed E-state index contributed by atoms with van der Waals surface area (Å²) in [5, 5.41) is 0. The normalized spacial score (nSPS) is 12.1. The Labute approximate surface area is 91.7 Å². The summed E-state index contributed by atoms with van der Waals surface area (Å²) in [5.74, 6) is 0. The Morgan fingerprint density at radius 3 is 2.07 bits per heavy atom. The molecule has 0 aliphatic rings. The van der Waals surface area contributed by atoms with E-state index in [0.29, 0.717) is 12.8 Å². The minimum Gasteiger partial charge on any atom is -0.328 e. The molecule has 0 aliphatic carbocycles. The van der Waals surface area contributed by atoms with Crippen molar-refractivity contribution < 1.29 is 14.3 Å². The molecule has 0 saturated carbocycles. The molecule has 0 unspecified atom stereocenters. The Hall–Kier alpha value is -0.470. The monoisotopic (exact) mass is 228 g/mol. The van der Waals surface area contributed by atoms with Gasteiger partial charge < -0.3 is 14.3 Å². The second kappa shape index (κ2) is 5.57. The van der Waals surface area contributed by atoms with Crippen LogP contribution in [-0.4, -0.2) is 9.79 Å². The molecule has 0 radical (unpaired) electrons. The molecule has 84 valence electrons. The van der Waals surface area contributed by atoms with Crippen LogP contribution >= 0.6 is 8.60 Å². The molecule has 3 nitrogen and oxygen atoms in total. The van der Waals surface area contributed by atoms with E-state index in [2.05, 4.69) is 0 Å². The summed E-state index contributed by atoms with van der Waals surface area (Å²) in [6.45, 7) is 3.96. The summed E-state index contributed by atoms with van der Waals surface area (Å²) >= 11 is 0. The van der Waals surface area contributed by atoms with Gasteiger partial charge in [-0.2, -0.15) is 0 Å². The molecule has 0 bridgehead atoms. The lowest BCUT2D eigenvalue weighted by atomic mass is 9.89. The highest BCUT2D eigenvalue weighted by atomic mass is 31.2. The first-order valence-electron chi connectivity index (χ1n) is 5.07. The zero-order valence-corrected chi connectivity index (χ0v) is 9.95. The van der Waals surface area contributed by atoms with Crippen LogP contribution in [0.3, 0.4) is 0 Å². The van der Waals surface area contributed by atoms with Crippen molar-refractivity contribution in [2.75, 3.05) is 0 Å². The van der Waals surface area contributed by atoms with Crippen LogP contribution in [0.5, 0.6) is 0 Å². The summed E-state index contributed by atoms with van der Waals surface area (Å²) < 4.78 is 5.30. The van der Waals surface area contributed by atoms with Crippen LogP contribution in [0.1, 0.15) is 32.3 Å². The van der Waals surface area contributed by atoms with E-state index in [1.807, 2.05) is 44.2 Å². The minimum atomic E-state index is -2.32. The predicted molar refractivity (Wildman–Crippen MR) is 61.1 cm³/mol. The van der Waals surface area contributed by atoms with Gasteiger partial charge in [-0.3, -0.25) is 0 Å². The summed E-state index contributed by atoms with van der Waals surface area (Å²) in [4.78, 5) is 18.0. The third kappa shape index (κ3) is 2.99. The molecular weight excluding hydrogens is 211 g/mol. The smallest absolute Gasteiger partial charge is 0.327 e. The molecule has 0 heterocycles. The van der Waals surface area contributed by atoms with Crippen molar-refractivity contribution in [2.45, 2.75) is 32.3 Å². The molecule has 1 aromatic carbocycles. The molecule has 0 fully saturated rings. The highest BCUT2D eigenvalue weighted by molar-refractivity contribution is 7.39. The first-order chi connectivity index (χ1) is 7.14. The summed E-state index contributed by atoms with van der Waals surface area (Å²) in [6, 6.07) is 9.68. The summed E-state index contributed by atoms with van der Waals surface area (Å²) in [7, 11) is -2.32. The van der Waals surface area contributed by atoms with Crippen LogP contribution in [0.25, 0.3) is 0 Å². The molecule has 0 atom stereocenters. The van der Waals surface area contributed by atoms with Gasteiger partial charge in [-0.1, -0.05) is 44.2 Å². The Morgan fingerprint density at radius 2 is 1.67 bits per heavy atom. The second-order valence-corrected chi connectivity index (χ2v) is 4.10. The van der Waals surface area contributed by atoms with Crippen molar-refractivity contribution in [2.24, 2.45) is 0 Å². The van der Waals surface area contributed by atoms with Crippen LogP contribution in [-0.2, 0) is 10.1 Å². The highest BCUT2D eigenvalue weighted by Gasteiger charge is 2.32. The van der Waals surface area contributed by atoms with Crippen molar-refractivity contribution in [3.63, 3.8) is 0 Å². The lowest BCUT2D eigenvalue weighted by Crippen LogP contribution is -2.26. The zero-order chi connectivity index (χ0) is 11.3. The van der Waals surface area contributed by atoms with E-state index in [4.69, 9.17) is 14.3 Å². The van der Waals surface area contributed by atoms with Crippen molar-refractivity contribution in [3.8, 4) is 0 Å². The van der Waals surface area contributed by atoms with E-state index < -0.39 is 14.2 Å². The number of rotatable bonds is 5. The van der Waals surface area contributed by atoms with Crippen molar-refractivity contribution in [3.05, 3.63) is 35.9 Å². The van der Waals surface area contributed by atoms with E-state index in [1.165, 1.54) is 0 Å². The Bertz CT molecular complexity index is 283. The molecule has 4 heteroatoms. The first-order valence-corrected chi connectivity index (χ1v) is 6.23. The van der Waals surface area contributed by atoms with E-state index in [0.717, 1.165) is 5.56 Å². The molecule has 0 amide bonds. The fourth-order valence-electron chi connectivity index (χ4n) is 1.74.